The maximum Gasteiger partial charge on any atom is 0.330 e. The predicted octanol–water partition coefficient (Wildman–Crippen LogP) is 1.25. The third-order valence-corrected chi connectivity index (χ3v) is 5.84. The Hall–Kier alpha value is -3.27. The second-order valence-electron chi connectivity index (χ2n) is 8.46. The van der Waals surface area contributed by atoms with Gasteiger partial charge in [-0.25, -0.2) is 19.3 Å². The van der Waals surface area contributed by atoms with Crippen molar-refractivity contribution in [3.05, 3.63) is 40.8 Å². The van der Waals surface area contributed by atoms with Crippen LogP contribution in [0.2, 0.25) is 0 Å². The SMILES string of the molecule is Cc1cc2ncnn2cc1Nc1ncc2c(n1)n(C1CC[N+](C)(C)C1)c(=O)n2C. The maximum absolute atomic E-state index is 12.9. The van der Waals surface area contributed by atoms with Crippen LogP contribution in [0.5, 0.6) is 0 Å². The number of quaternary nitrogens is 1. The van der Waals surface area contributed by atoms with Gasteiger partial charge in [0, 0.05) is 13.5 Å². The summed E-state index contributed by atoms with van der Waals surface area (Å²) in [6, 6.07) is 2.09. The van der Waals surface area contributed by atoms with Gasteiger partial charge in [0.25, 0.3) is 0 Å². The molecule has 0 saturated carbocycles. The molecular formula is C19H24N9O+. The fourth-order valence-electron chi connectivity index (χ4n) is 4.20. The Morgan fingerprint density at radius 1 is 1.28 bits per heavy atom. The second kappa shape index (κ2) is 6.11. The van der Waals surface area contributed by atoms with E-state index in [2.05, 4.69) is 34.5 Å². The average Bonchev–Trinajstić information content (AvgIpc) is 3.33. The number of rotatable bonds is 3. The number of pyridine rings is 1. The third-order valence-electron chi connectivity index (χ3n) is 5.84. The van der Waals surface area contributed by atoms with Crippen LogP contribution in [0.4, 0.5) is 11.6 Å². The van der Waals surface area contributed by atoms with E-state index in [1.54, 1.807) is 22.3 Å². The minimum Gasteiger partial charge on any atom is -0.327 e. The van der Waals surface area contributed by atoms with Crippen LogP contribution in [0, 0.1) is 6.92 Å². The largest absolute Gasteiger partial charge is 0.330 e. The second-order valence-corrected chi connectivity index (χ2v) is 8.46. The molecule has 0 bridgehead atoms. The van der Waals surface area contributed by atoms with Gasteiger partial charge in [0.05, 0.1) is 51.3 Å². The molecule has 0 spiro atoms. The molecule has 29 heavy (non-hydrogen) atoms. The van der Waals surface area contributed by atoms with Gasteiger partial charge in [0.1, 0.15) is 11.8 Å². The normalized spacial score (nSPS) is 18.7. The Morgan fingerprint density at radius 3 is 2.86 bits per heavy atom. The summed E-state index contributed by atoms with van der Waals surface area (Å²) in [5.41, 5.74) is 3.99. The molecule has 4 aromatic heterocycles. The van der Waals surface area contributed by atoms with Crippen LogP contribution in [0.1, 0.15) is 18.0 Å². The lowest BCUT2D eigenvalue weighted by Crippen LogP contribution is -2.38. The first kappa shape index (κ1) is 17.8. The van der Waals surface area contributed by atoms with Gasteiger partial charge in [-0.1, -0.05) is 0 Å². The standard InChI is InChI=1S/C19H24N9O/c1-12-7-16-21-11-22-26(16)9-14(12)23-18-20-8-15-17(24-18)27(19(29)25(15)2)13-5-6-28(3,4)10-13/h7-9,11,13H,5-6,10H2,1-4H3,(H,20,23,24)/q+1. The van der Waals surface area contributed by atoms with E-state index in [9.17, 15) is 4.79 Å². The van der Waals surface area contributed by atoms with Crippen molar-refractivity contribution in [2.24, 2.45) is 7.05 Å². The highest BCUT2D eigenvalue weighted by Gasteiger charge is 2.34. The molecule has 0 aliphatic carbocycles. The van der Waals surface area contributed by atoms with E-state index in [1.807, 2.05) is 23.8 Å². The van der Waals surface area contributed by atoms with Crippen LogP contribution in [-0.2, 0) is 7.05 Å². The molecule has 0 radical (unpaired) electrons. The molecule has 1 N–H and O–H groups in total. The highest BCUT2D eigenvalue weighted by atomic mass is 16.1. The molecule has 150 valence electrons. The number of nitrogens with one attached hydrogen (secondary N) is 1. The van der Waals surface area contributed by atoms with E-state index in [0.29, 0.717) is 11.6 Å². The first-order valence-corrected chi connectivity index (χ1v) is 9.65. The number of anilines is 2. The van der Waals surface area contributed by atoms with E-state index in [-0.39, 0.29) is 11.7 Å². The Bertz CT molecular complexity index is 1300. The minimum absolute atomic E-state index is 0.0430. The molecule has 10 nitrogen and oxygen atoms in total. The van der Waals surface area contributed by atoms with E-state index < -0.39 is 0 Å². The molecule has 1 unspecified atom stereocenters. The molecule has 0 amide bonds. The lowest BCUT2D eigenvalue weighted by atomic mass is 10.2. The van der Waals surface area contributed by atoms with Crippen molar-refractivity contribution in [3.8, 4) is 0 Å². The van der Waals surface area contributed by atoms with Crippen LogP contribution < -0.4 is 11.0 Å². The van der Waals surface area contributed by atoms with Crippen molar-refractivity contribution in [2.75, 3.05) is 32.5 Å². The number of aromatic nitrogens is 7. The van der Waals surface area contributed by atoms with Crippen molar-refractivity contribution in [1.29, 1.82) is 0 Å². The van der Waals surface area contributed by atoms with E-state index in [1.165, 1.54) is 6.33 Å². The lowest BCUT2D eigenvalue weighted by Gasteiger charge is -2.23. The molecule has 5 heterocycles. The summed E-state index contributed by atoms with van der Waals surface area (Å²) >= 11 is 0. The van der Waals surface area contributed by atoms with Gasteiger partial charge >= 0.3 is 5.69 Å². The monoisotopic (exact) mass is 394 g/mol. The summed E-state index contributed by atoms with van der Waals surface area (Å²) in [5, 5.41) is 7.45. The Labute approximate surface area is 167 Å². The number of likely N-dealkylation sites (N-methyl/N-ethyl adjacent to an activating group) is 1. The Kier molecular flexibility index (Phi) is 3.75. The van der Waals surface area contributed by atoms with Crippen LogP contribution >= 0.6 is 0 Å². The first-order chi connectivity index (χ1) is 13.8. The van der Waals surface area contributed by atoms with Gasteiger partial charge in [0.15, 0.2) is 11.3 Å². The highest BCUT2D eigenvalue weighted by Crippen LogP contribution is 2.27. The van der Waals surface area contributed by atoms with Gasteiger partial charge in [-0.05, 0) is 18.6 Å². The summed E-state index contributed by atoms with van der Waals surface area (Å²) in [6.45, 7) is 3.95. The van der Waals surface area contributed by atoms with Crippen LogP contribution in [0.15, 0.2) is 29.6 Å². The van der Waals surface area contributed by atoms with Gasteiger partial charge < -0.3 is 9.80 Å². The molecule has 4 aromatic rings. The van der Waals surface area contributed by atoms with Gasteiger partial charge in [-0.15, -0.1) is 0 Å². The number of nitrogens with zero attached hydrogens (tertiary/aromatic N) is 8. The molecule has 1 atom stereocenters. The Morgan fingerprint density at radius 2 is 2.10 bits per heavy atom. The van der Waals surface area contributed by atoms with Crippen molar-refractivity contribution in [2.45, 2.75) is 19.4 Å². The van der Waals surface area contributed by atoms with Gasteiger partial charge in [-0.3, -0.25) is 9.13 Å². The third kappa shape index (κ3) is 2.87. The topological polar surface area (TPSA) is 94.9 Å². The smallest absolute Gasteiger partial charge is 0.327 e. The van der Waals surface area contributed by atoms with Gasteiger partial charge in [-0.2, -0.15) is 10.1 Å². The van der Waals surface area contributed by atoms with E-state index in [4.69, 9.17) is 4.98 Å². The average molecular weight is 394 g/mol. The summed E-state index contributed by atoms with van der Waals surface area (Å²) in [6.07, 6.45) is 6.05. The fourth-order valence-corrected chi connectivity index (χ4v) is 4.20. The summed E-state index contributed by atoms with van der Waals surface area (Å²) < 4.78 is 6.07. The van der Waals surface area contributed by atoms with E-state index >= 15 is 0 Å². The summed E-state index contributed by atoms with van der Waals surface area (Å²) in [4.78, 5) is 26.3. The van der Waals surface area contributed by atoms with E-state index in [0.717, 1.165) is 46.4 Å². The molecule has 0 aromatic carbocycles. The van der Waals surface area contributed by atoms with Gasteiger partial charge in [0.2, 0.25) is 5.95 Å². The number of likely N-dealkylation sites (tertiary alicyclic amines) is 1. The lowest BCUT2D eigenvalue weighted by molar-refractivity contribution is -0.878. The summed E-state index contributed by atoms with van der Waals surface area (Å²) in [5.74, 6) is 0.450. The maximum atomic E-state index is 12.9. The predicted molar refractivity (Wildman–Crippen MR) is 109 cm³/mol. The molecule has 10 heteroatoms. The van der Waals surface area contributed by atoms with Crippen LogP contribution in [0.25, 0.3) is 16.8 Å². The Balaban J connectivity index is 1.58. The number of imidazole rings is 1. The highest BCUT2D eigenvalue weighted by molar-refractivity contribution is 5.73. The molecule has 1 aliphatic heterocycles. The number of fused-ring (bicyclic) bond motifs is 2. The van der Waals surface area contributed by atoms with Crippen LogP contribution in [0.3, 0.4) is 0 Å². The zero-order valence-corrected chi connectivity index (χ0v) is 17.0. The molecule has 1 aliphatic rings. The number of hydrogen-bond donors (Lipinski definition) is 1. The van der Waals surface area contributed by atoms with Crippen LogP contribution in [-0.4, -0.2) is 65.4 Å². The zero-order chi connectivity index (χ0) is 20.3. The van der Waals surface area contributed by atoms with Crippen molar-refractivity contribution in [3.63, 3.8) is 0 Å². The zero-order valence-electron chi connectivity index (χ0n) is 17.0. The summed E-state index contributed by atoms with van der Waals surface area (Å²) in [7, 11) is 6.16. The molecular weight excluding hydrogens is 370 g/mol. The first-order valence-electron chi connectivity index (χ1n) is 9.65. The molecule has 1 saturated heterocycles. The number of aryl methyl sites for hydroxylation is 2. The van der Waals surface area contributed by atoms with Crippen molar-refractivity contribution < 1.29 is 4.48 Å². The quantitative estimate of drug-likeness (QED) is 0.526. The fraction of sp³-hybridized carbons (Fsp3) is 0.421. The number of hydrogen-bond acceptors (Lipinski definition) is 6. The molecule has 5 rings (SSSR count). The molecule has 1 fully saturated rings. The van der Waals surface area contributed by atoms with Crippen molar-refractivity contribution in [1.82, 2.24) is 33.7 Å². The van der Waals surface area contributed by atoms with Crippen molar-refractivity contribution >= 4 is 28.4 Å². The minimum atomic E-state index is -0.0430.